The summed E-state index contributed by atoms with van der Waals surface area (Å²) in [5, 5.41) is 17.2. The Morgan fingerprint density at radius 2 is 1.96 bits per heavy atom. The second kappa shape index (κ2) is 6.38. The van der Waals surface area contributed by atoms with Crippen molar-refractivity contribution in [1.29, 1.82) is 0 Å². The van der Waals surface area contributed by atoms with Crippen LogP contribution in [0.25, 0.3) is 5.69 Å². The van der Waals surface area contributed by atoms with Crippen LogP contribution in [0, 0.1) is 12.7 Å². The Hall–Kier alpha value is -2.77. The zero-order valence-electron chi connectivity index (χ0n) is 13.1. The van der Waals surface area contributed by atoms with Crippen LogP contribution in [0.4, 0.5) is 4.39 Å². The molecule has 1 amide bonds. The maximum absolute atomic E-state index is 13.0. The van der Waals surface area contributed by atoms with E-state index >= 15 is 0 Å². The molecular formula is C16H17FN4O3. The van der Waals surface area contributed by atoms with Gasteiger partial charge in [0.15, 0.2) is 5.69 Å². The second-order valence-corrected chi connectivity index (χ2v) is 5.76. The number of likely N-dealkylation sites (tertiary alicyclic amines) is 1. The minimum Gasteiger partial charge on any atom is -0.480 e. The average molecular weight is 332 g/mol. The van der Waals surface area contributed by atoms with Gasteiger partial charge < -0.3 is 10.0 Å². The molecule has 0 spiro atoms. The number of benzene rings is 1. The van der Waals surface area contributed by atoms with Crippen molar-refractivity contribution < 1.29 is 19.1 Å². The first-order valence-corrected chi connectivity index (χ1v) is 7.71. The zero-order chi connectivity index (χ0) is 17.3. The number of rotatable bonds is 3. The molecule has 126 valence electrons. The van der Waals surface area contributed by atoms with Crippen molar-refractivity contribution >= 4 is 11.9 Å². The number of piperidine rings is 1. The monoisotopic (exact) mass is 332 g/mol. The number of hydrogen-bond acceptors (Lipinski definition) is 4. The molecule has 0 saturated carbocycles. The molecule has 1 aliphatic rings. The largest absolute Gasteiger partial charge is 0.480 e. The zero-order valence-corrected chi connectivity index (χ0v) is 13.1. The molecule has 1 N–H and O–H groups in total. The van der Waals surface area contributed by atoms with E-state index in [1.54, 1.807) is 6.92 Å². The van der Waals surface area contributed by atoms with Gasteiger partial charge in [-0.3, -0.25) is 4.79 Å². The molecule has 7 nitrogen and oxygen atoms in total. The molecule has 8 heteroatoms. The van der Waals surface area contributed by atoms with Gasteiger partial charge in [0, 0.05) is 6.54 Å². The number of amides is 1. The summed E-state index contributed by atoms with van der Waals surface area (Å²) in [6, 6.07) is 4.83. The number of aromatic nitrogens is 3. The summed E-state index contributed by atoms with van der Waals surface area (Å²) >= 11 is 0. The summed E-state index contributed by atoms with van der Waals surface area (Å²) in [4.78, 5) is 25.4. The third-order valence-electron chi connectivity index (χ3n) is 4.22. The van der Waals surface area contributed by atoms with Crippen LogP contribution in [0.5, 0.6) is 0 Å². The normalized spacial score (nSPS) is 17.8. The van der Waals surface area contributed by atoms with Crippen LogP contribution in [0.2, 0.25) is 0 Å². The van der Waals surface area contributed by atoms with E-state index in [1.165, 1.54) is 33.8 Å². The number of carboxylic acids is 1. The van der Waals surface area contributed by atoms with Gasteiger partial charge >= 0.3 is 5.97 Å². The first-order chi connectivity index (χ1) is 11.5. The average Bonchev–Trinajstić information content (AvgIpc) is 2.96. The maximum Gasteiger partial charge on any atom is 0.326 e. The lowest BCUT2D eigenvalue weighted by molar-refractivity contribution is -0.143. The predicted molar refractivity (Wildman–Crippen MR) is 82.4 cm³/mol. The number of aliphatic carboxylic acids is 1. The highest BCUT2D eigenvalue weighted by atomic mass is 19.1. The highest BCUT2D eigenvalue weighted by Gasteiger charge is 2.34. The highest BCUT2D eigenvalue weighted by molar-refractivity contribution is 5.96. The minimum absolute atomic E-state index is 0.118. The second-order valence-electron chi connectivity index (χ2n) is 5.76. The molecule has 3 rings (SSSR count). The van der Waals surface area contributed by atoms with Gasteiger partial charge in [-0.05, 0) is 50.5 Å². The molecule has 1 saturated heterocycles. The first kappa shape index (κ1) is 16.1. The van der Waals surface area contributed by atoms with Crippen LogP contribution in [0.15, 0.2) is 24.3 Å². The van der Waals surface area contributed by atoms with Crippen LogP contribution in [0.3, 0.4) is 0 Å². The lowest BCUT2D eigenvalue weighted by Gasteiger charge is -2.32. The summed E-state index contributed by atoms with van der Waals surface area (Å²) in [6.45, 7) is 2.06. The Bertz CT molecular complexity index is 772. The first-order valence-electron chi connectivity index (χ1n) is 7.71. The van der Waals surface area contributed by atoms with Crippen molar-refractivity contribution in [1.82, 2.24) is 19.9 Å². The Balaban J connectivity index is 1.91. The van der Waals surface area contributed by atoms with Gasteiger partial charge in [-0.25, -0.2) is 13.9 Å². The van der Waals surface area contributed by atoms with E-state index in [-0.39, 0.29) is 11.5 Å². The summed E-state index contributed by atoms with van der Waals surface area (Å²) < 4.78 is 14.5. The number of carbonyl (C=O) groups excluding carboxylic acids is 1. The van der Waals surface area contributed by atoms with Crippen molar-refractivity contribution in [3.05, 3.63) is 41.5 Å². The molecule has 24 heavy (non-hydrogen) atoms. The van der Waals surface area contributed by atoms with E-state index in [4.69, 9.17) is 0 Å². The van der Waals surface area contributed by atoms with Crippen molar-refractivity contribution in [2.75, 3.05) is 6.54 Å². The number of halogens is 1. The highest BCUT2D eigenvalue weighted by Crippen LogP contribution is 2.21. The Morgan fingerprint density at radius 1 is 1.25 bits per heavy atom. The molecule has 0 bridgehead atoms. The molecule has 1 aromatic heterocycles. The van der Waals surface area contributed by atoms with Gasteiger partial charge in [0.25, 0.3) is 5.91 Å². The van der Waals surface area contributed by atoms with Crippen molar-refractivity contribution in [2.45, 2.75) is 32.2 Å². The maximum atomic E-state index is 13.0. The fourth-order valence-corrected chi connectivity index (χ4v) is 2.92. The summed E-state index contributed by atoms with van der Waals surface area (Å²) in [6.07, 6.45) is 1.98. The van der Waals surface area contributed by atoms with Crippen molar-refractivity contribution in [3.8, 4) is 5.69 Å². The van der Waals surface area contributed by atoms with E-state index in [1.807, 2.05) is 0 Å². The lowest BCUT2D eigenvalue weighted by Crippen LogP contribution is -2.48. The van der Waals surface area contributed by atoms with Crippen LogP contribution in [0.1, 0.15) is 35.4 Å². The topological polar surface area (TPSA) is 88.3 Å². The molecule has 1 aliphatic heterocycles. The Morgan fingerprint density at radius 3 is 2.62 bits per heavy atom. The number of nitrogens with zero attached hydrogens (tertiary/aromatic N) is 4. The van der Waals surface area contributed by atoms with Crippen molar-refractivity contribution in [2.24, 2.45) is 0 Å². The van der Waals surface area contributed by atoms with Crippen LogP contribution in [-0.4, -0.2) is 49.5 Å². The number of carbonyl (C=O) groups is 2. The van der Waals surface area contributed by atoms with Gasteiger partial charge in [-0.1, -0.05) is 5.21 Å². The molecule has 1 aromatic carbocycles. The van der Waals surface area contributed by atoms with Gasteiger partial charge in [0.1, 0.15) is 11.9 Å². The molecule has 0 aliphatic carbocycles. The van der Waals surface area contributed by atoms with Crippen molar-refractivity contribution in [3.63, 3.8) is 0 Å². The Labute approximate surface area is 137 Å². The summed E-state index contributed by atoms with van der Waals surface area (Å²) in [5.74, 6) is -1.81. The van der Waals surface area contributed by atoms with Gasteiger partial charge in [-0.2, -0.15) is 0 Å². The number of hydrogen-bond donors (Lipinski definition) is 1. The molecule has 1 atom stereocenters. The van der Waals surface area contributed by atoms with E-state index < -0.39 is 17.9 Å². The third kappa shape index (κ3) is 2.86. The smallest absolute Gasteiger partial charge is 0.326 e. The fourth-order valence-electron chi connectivity index (χ4n) is 2.92. The molecule has 1 unspecified atom stereocenters. The third-order valence-corrected chi connectivity index (χ3v) is 4.22. The lowest BCUT2D eigenvalue weighted by atomic mass is 10.0. The van der Waals surface area contributed by atoms with Gasteiger partial charge in [0.2, 0.25) is 0 Å². The quantitative estimate of drug-likeness (QED) is 0.926. The van der Waals surface area contributed by atoms with E-state index in [2.05, 4.69) is 10.3 Å². The van der Waals surface area contributed by atoms with E-state index in [9.17, 15) is 19.1 Å². The van der Waals surface area contributed by atoms with Gasteiger partial charge in [0.05, 0.1) is 11.4 Å². The number of carboxylic acid groups (broad SMARTS) is 1. The van der Waals surface area contributed by atoms with Gasteiger partial charge in [-0.15, -0.1) is 5.10 Å². The molecule has 2 heterocycles. The van der Waals surface area contributed by atoms with Crippen LogP contribution >= 0.6 is 0 Å². The fraction of sp³-hybridized carbons (Fsp3) is 0.375. The van der Waals surface area contributed by atoms with Crippen LogP contribution < -0.4 is 0 Å². The van der Waals surface area contributed by atoms with E-state index in [0.717, 1.165) is 12.8 Å². The summed E-state index contributed by atoms with van der Waals surface area (Å²) in [5.41, 5.74) is 1.18. The standard InChI is InChI=1S/C16H17FN4O3/c1-10-14(15(22)20-9-3-2-4-13(20)16(23)24)18-19-21(10)12-7-5-11(17)6-8-12/h5-8,13H,2-4,9H2,1H3,(H,23,24). The molecule has 2 aromatic rings. The molecule has 1 fully saturated rings. The Kier molecular flexibility index (Phi) is 4.28. The SMILES string of the molecule is Cc1c(C(=O)N2CCCCC2C(=O)O)nnn1-c1ccc(F)cc1. The molecular weight excluding hydrogens is 315 g/mol. The molecule has 0 radical (unpaired) electrons. The van der Waals surface area contributed by atoms with Crippen LogP contribution in [-0.2, 0) is 4.79 Å². The van der Waals surface area contributed by atoms with E-state index in [0.29, 0.717) is 24.3 Å². The minimum atomic E-state index is -1.01. The summed E-state index contributed by atoms with van der Waals surface area (Å²) in [7, 11) is 0. The predicted octanol–water partition coefficient (Wildman–Crippen LogP) is 1.79.